The molecule has 1 saturated heterocycles. The predicted molar refractivity (Wildman–Crippen MR) is 107 cm³/mol. The number of hydrogen-bond acceptors (Lipinski definition) is 3. The summed E-state index contributed by atoms with van der Waals surface area (Å²) >= 11 is 12.2. The van der Waals surface area contributed by atoms with Crippen LogP contribution in [0.4, 0.5) is 4.39 Å². The first-order valence-electron chi connectivity index (χ1n) is 8.95. The Balaban J connectivity index is 1.37. The van der Waals surface area contributed by atoms with Crippen LogP contribution in [-0.4, -0.2) is 29.1 Å². The van der Waals surface area contributed by atoms with Gasteiger partial charge in [-0.1, -0.05) is 29.3 Å². The number of fused-ring (bicyclic) bond motifs is 1. The molecule has 3 aromatic rings. The molecule has 0 atom stereocenters. The smallest absolute Gasteiger partial charge is 0.165 e. The van der Waals surface area contributed by atoms with Crippen LogP contribution in [0.1, 0.15) is 18.4 Å². The maximum Gasteiger partial charge on any atom is 0.165 e. The summed E-state index contributed by atoms with van der Waals surface area (Å²) in [6.07, 6.45) is 5.06. The average molecular weight is 405 g/mol. The summed E-state index contributed by atoms with van der Waals surface area (Å²) < 4.78 is 20.3. The number of nitrogens with zero attached hydrogens (tertiary/aromatic N) is 2. The van der Waals surface area contributed by atoms with E-state index in [0.717, 1.165) is 48.8 Å². The molecule has 0 amide bonds. The molecule has 0 radical (unpaired) electrons. The number of ether oxygens (including phenoxy) is 1. The highest BCUT2D eigenvalue weighted by Crippen LogP contribution is 2.28. The van der Waals surface area contributed by atoms with E-state index in [1.807, 2.05) is 18.2 Å². The largest absolute Gasteiger partial charge is 0.487 e. The zero-order valence-corrected chi connectivity index (χ0v) is 16.2. The Morgan fingerprint density at radius 3 is 2.67 bits per heavy atom. The molecule has 3 nitrogen and oxygen atoms in total. The topological polar surface area (TPSA) is 25.4 Å². The molecule has 0 unspecified atom stereocenters. The minimum Gasteiger partial charge on any atom is -0.487 e. The van der Waals surface area contributed by atoms with Gasteiger partial charge in [0, 0.05) is 47.5 Å². The van der Waals surface area contributed by atoms with Gasteiger partial charge in [0.1, 0.15) is 6.10 Å². The lowest BCUT2D eigenvalue weighted by Gasteiger charge is -2.32. The SMILES string of the molecule is Fc1cc2cnccc2cc1OC1CCN(Cc2ccc(Cl)cc2Cl)CC1. The molecule has 0 aliphatic carbocycles. The predicted octanol–water partition coefficient (Wildman–Crippen LogP) is 5.72. The van der Waals surface area contributed by atoms with Gasteiger partial charge in [0.15, 0.2) is 11.6 Å². The second-order valence-corrected chi connectivity index (χ2v) is 7.68. The van der Waals surface area contributed by atoms with E-state index in [0.29, 0.717) is 15.8 Å². The summed E-state index contributed by atoms with van der Waals surface area (Å²) in [5.74, 6) is -0.0289. The van der Waals surface area contributed by atoms with Crippen LogP contribution in [0.15, 0.2) is 48.8 Å². The number of pyridine rings is 1. The van der Waals surface area contributed by atoms with Crippen LogP contribution in [0.2, 0.25) is 10.0 Å². The lowest BCUT2D eigenvalue weighted by molar-refractivity contribution is 0.0937. The Morgan fingerprint density at radius 2 is 1.89 bits per heavy atom. The Morgan fingerprint density at radius 1 is 1.07 bits per heavy atom. The summed E-state index contributed by atoms with van der Waals surface area (Å²) in [6, 6.07) is 10.7. The summed E-state index contributed by atoms with van der Waals surface area (Å²) in [6.45, 7) is 2.53. The van der Waals surface area contributed by atoms with Crippen molar-refractivity contribution in [1.29, 1.82) is 0 Å². The van der Waals surface area contributed by atoms with E-state index in [2.05, 4.69) is 9.88 Å². The Kier molecular flexibility index (Phi) is 5.48. The molecule has 0 spiro atoms. The summed E-state index contributed by atoms with van der Waals surface area (Å²) in [5.41, 5.74) is 1.06. The van der Waals surface area contributed by atoms with Crippen LogP contribution >= 0.6 is 23.2 Å². The highest BCUT2D eigenvalue weighted by Gasteiger charge is 2.22. The average Bonchev–Trinajstić information content (AvgIpc) is 2.66. The van der Waals surface area contributed by atoms with E-state index in [4.69, 9.17) is 27.9 Å². The van der Waals surface area contributed by atoms with Gasteiger partial charge in [0.05, 0.1) is 0 Å². The normalized spacial score (nSPS) is 16.0. The van der Waals surface area contributed by atoms with Crippen molar-refractivity contribution in [2.75, 3.05) is 13.1 Å². The zero-order valence-electron chi connectivity index (χ0n) is 14.7. The molecule has 1 aromatic heterocycles. The fourth-order valence-electron chi connectivity index (χ4n) is 3.43. The fourth-order valence-corrected chi connectivity index (χ4v) is 3.90. The molecule has 6 heteroatoms. The van der Waals surface area contributed by atoms with E-state index in [-0.39, 0.29) is 11.9 Å². The fraction of sp³-hybridized carbons (Fsp3) is 0.286. The van der Waals surface area contributed by atoms with E-state index >= 15 is 0 Å². The second-order valence-electron chi connectivity index (χ2n) is 6.83. The minimum atomic E-state index is -0.342. The molecule has 27 heavy (non-hydrogen) atoms. The maximum absolute atomic E-state index is 14.3. The van der Waals surface area contributed by atoms with Crippen LogP contribution in [0.25, 0.3) is 10.8 Å². The summed E-state index contributed by atoms with van der Waals surface area (Å²) in [5, 5.41) is 3.03. The first kappa shape index (κ1) is 18.5. The monoisotopic (exact) mass is 404 g/mol. The van der Waals surface area contributed by atoms with Gasteiger partial charge >= 0.3 is 0 Å². The lowest BCUT2D eigenvalue weighted by Crippen LogP contribution is -2.38. The van der Waals surface area contributed by atoms with Crippen molar-refractivity contribution >= 4 is 34.0 Å². The Hall–Kier alpha value is -1.88. The van der Waals surface area contributed by atoms with Crippen LogP contribution in [0, 0.1) is 5.82 Å². The molecule has 1 aliphatic rings. The van der Waals surface area contributed by atoms with Gasteiger partial charge in [-0.2, -0.15) is 0 Å². The van der Waals surface area contributed by atoms with E-state index in [1.54, 1.807) is 24.5 Å². The maximum atomic E-state index is 14.3. The van der Waals surface area contributed by atoms with E-state index in [9.17, 15) is 4.39 Å². The molecule has 0 N–H and O–H groups in total. The minimum absolute atomic E-state index is 0.00993. The first-order valence-corrected chi connectivity index (χ1v) is 9.70. The number of benzene rings is 2. The lowest BCUT2D eigenvalue weighted by atomic mass is 10.1. The third-order valence-corrected chi connectivity index (χ3v) is 5.52. The van der Waals surface area contributed by atoms with Crippen molar-refractivity contribution in [3.8, 4) is 5.75 Å². The molecule has 1 aliphatic heterocycles. The quantitative estimate of drug-likeness (QED) is 0.555. The highest BCUT2D eigenvalue weighted by molar-refractivity contribution is 6.35. The molecule has 2 aromatic carbocycles. The van der Waals surface area contributed by atoms with Crippen molar-refractivity contribution in [3.05, 3.63) is 70.2 Å². The van der Waals surface area contributed by atoms with Gasteiger partial charge in [0.2, 0.25) is 0 Å². The van der Waals surface area contributed by atoms with Crippen molar-refractivity contribution in [2.24, 2.45) is 0 Å². The third kappa shape index (κ3) is 4.34. The van der Waals surface area contributed by atoms with E-state index < -0.39 is 0 Å². The van der Waals surface area contributed by atoms with Crippen LogP contribution < -0.4 is 4.74 Å². The molecular formula is C21H19Cl2FN2O. The third-order valence-electron chi connectivity index (χ3n) is 4.93. The number of hydrogen-bond donors (Lipinski definition) is 0. The number of halogens is 3. The van der Waals surface area contributed by atoms with Crippen molar-refractivity contribution in [3.63, 3.8) is 0 Å². The highest BCUT2D eigenvalue weighted by atomic mass is 35.5. The Labute approximate surface area is 167 Å². The van der Waals surface area contributed by atoms with Gasteiger partial charge < -0.3 is 4.74 Å². The molecule has 140 valence electrons. The van der Waals surface area contributed by atoms with Crippen molar-refractivity contribution in [1.82, 2.24) is 9.88 Å². The van der Waals surface area contributed by atoms with Gasteiger partial charge in [-0.25, -0.2) is 4.39 Å². The van der Waals surface area contributed by atoms with Crippen molar-refractivity contribution in [2.45, 2.75) is 25.5 Å². The molecule has 4 rings (SSSR count). The van der Waals surface area contributed by atoms with Crippen LogP contribution in [0.3, 0.4) is 0 Å². The van der Waals surface area contributed by atoms with Crippen LogP contribution in [0.5, 0.6) is 5.75 Å². The number of aromatic nitrogens is 1. The van der Waals surface area contributed by atoms with Crippen LogP contribution in [-0.2, 0) is 6.54 Å². The molecule has 0 bridgehead atoms. The zero-order chi connectivity index (χ0) is 18.8. The van der Waals surface area contributed by atoms with Crippen molar-refractivity contribution < 1.29 is 9.13 Å². The standard InChI is InChI=1S/C21H19Cl2FN2O/c22-17-2-1-15(19(23)11-17)13-26-7-4-18(5-8-26)27-21-10-14-3-6-25-12-16(14)9-20(21)24/h1-3,6,9-12,18H,4-5,7-8,13H2. The number of piperidine rings is 1. The molecule has 1 fully saturated rings. The van der Waals surface area contributed by atoms with Gasteiger partial charge in [-0.15, -0.1) is 0 Å². The van der Waals surface area contributed by atoms with E-state index in [1.165, 1.54) is 6.07 Å². The molecule has 0 saturated carbocycles. The van der Waals surface area contributed by atoms with Gasteiger partial charge in [-0.3, -0.25) is 9.88 Å². The summed E-state index contributed by atoms with van der Waals surface area (Å²) in [4.78, 5) is 6.35. The van der Waals surface area contributed by atoms with Gasteiger partial charge in [-0.05, 0) is 54.1 Å². The molecule has 2 heterocycles. The molecular weight excluding hydrogens is 386 g/mol. The first-order chi connectivity index (χ1) is 13.1. The Bertz CT molecular complexity index is 958. The second kappa shape index (κ2) is 8.01. The van der Waals surface area contributed by atoms with Gasteiger partial charge in [0.25, 0.3) is 0 Å². The number of rotatable bonds is 4. The summed E-state index contributed by atoms with van der Waals surface area (Å²) in [7, 11) is 0. The number of likely N-dealkylation sites (tertiary alicyclic amines) is 1.